The Labute approximate surface area is 124 Å². The van der Waals surface area contributed by atoms with E-state index in [-0.39, 0.29) is 5.75 Å². The first-order valence-electron chi connectivity index (χ1n) is 5.99. The molecule has 0 saturated heterocycles. The summed E-state index contributed by atoms with van der Waals surface area (Å²) in [7, 11) is 2.92. The van der Waals surface area contributed by atoms with Crippen molar-refractivity contribution in [3.63, 3.8) is 0 Å². The molecule has 2 aromatic heterocycles. The molecule has 0 aliphatic carbocycles. The molecule has 3 rings (SSSR count). The fourth-order valence-electron chi connectivity index (χ4n) is 2.08. The van der Waals surface area contributed by atoms with Crippen LogP contribution in [0.3, 0.4) is 0 Å². The molecule has 0 unspecified atom stereocenters. The lowest BCUT2D eigenvalue weighted by Crippen LogP contribution is -1.98. The van der Waals surface area contributed by atoms with E-state index in [0.29, 0.717) is 27.5 Å². The summed E-state index contributed by atoms with van der Waals surface area (Å²) in [5, 5.41) is 0. The van der Waals surface area contributed by atoms with E-state index in [0.717, 1.165) is 0 Å². The number of imidazole rings is 1. The Bertz CT molecular complexity index is 874. The van der Waals surface area contributed by atoms with Crippen LogP contribution in [0.2, 0.25) is 0 Å². The number of aromatic nitrogens is 4. The maximum absolute atomic E-state index is 13.5. The fourth-order valence-corrected chi connectivity index (χ4v) is 2.37. The molecule has 1 aromatic carbocycles. The summed E-state index contributed by atoms with van der Waals surface area (Å²) in [5.74, 6) is 0.0727. The first-order chi connectivity index (χ1) is 10.2. The molecule has 8 heteroatoms. The van der Waals surface area contributed by atoms with E-state index in [1.54, 1.807) is 16.7 Å². The molecule has 0 radical (unpaired) electrons. The number of fused-ring (bicyclic) bond motifs is 1. The third kappa shape index (κ3) is 2.13. The number of aromatic amines is 1. The van der Waals surface area contributed by atoms with Gasteiger partial charge in [-0.15, -0.1) is 0 Å². The van der Waals surface area contributed by atoms with Gasteiger partial charge < -0.3 is 14.5 Å². The number of hydrogen-bond acceptors (Lipinski definition) is 5. The molecular weight excluding hydrogens is 295 g/mol. The van der Waals surface area contributed by atoms with Crippen molar-refractivity contribution in [1.82, 2.24) is 19.5 Å². The van der Waals surface area contributed by atoms with Crippen molar-refractivity contribution in [2.45, 2.75) is 0 Å². The Balaban J connectivity index is 2.30. The van der Waals surface area contributed by atoms with Crippen LogP contribution in [0.1, 0.15) is 0 Å². The Morgan fingerprint density at radius 1 is 1.24 bits per heavy atom. The van der Waals surface area contributed by atoms with Crippen LogP contribution >= 0.6 is 12.2 Å². The lowest BCUT2D eigenvalue weighted by atomic mass is 10.3. The zero-order valence-electron chi connectivity index (χ0n) is 11.3. The second-order valence-corrected chi connectivity index (χ2v) is 4.55. The number of methoxy groups -OCH3 is 2. The van der Waals surface area contributed by atoms with E-state index >= 15 is 0 Å². The van der Waals surface area contributed by atoms with Crippen molar-refractivity contribution >= 4 is 23.4 Å². The van der Waals surface area contributed by atoms with Crippen molar-refractivity contribution in [2.24, 2.45) is 0 Å². The summed E-state index contributed by atoms with van der Waals surface area (Å²) in [6.07, 6.45) is 1.38. The highest BCUT2D eigenvalue weighted by atomic mass is 32.1. The minimum absolute atomic E-state index is 0.129. The number of benzene rings is 1. The van der Waals surface area contributed by atoms with Gasteiger partial charge in [0.2, 0.25) is 5.88 Å². The first kappa shape index (κ1) is 13.5. The van der Waals surface area contributed by atoms with Gasteiger partial charge in [-0.3, -0.25) is 4.57 Å². The molecule has 0 aliphatic rings. The van der Waals surface area contributed by atoms with E-state index in [1.165, 1.54) is 26.6 Å². The minimum Gasteiger partial charge on any atom is -0.494 e. The zero-order valence-corrected chi connectivity index (χ0v) is 12.1. The largest absolute Gasteiger partial charge is 0.494 e. The average molecular weight is 306 g/mol. The molecule has 0 saturated carbocycles. The Hall–Kier alpha value is -2.48. The summed E-state index contributed by atoms with van der Waals surface area (Å²) in [4.78, 5) is 11.2. The highest BCUT2D eigenvalue weighted by Crippen LogP contribution is 2.26. The molecule has 6 nitrogen and oxygen atoms in total. The molecule has 0 atom stereocenters. The Morgan fingerprint density at radius 2 is 2.05 bits per heavy atom. The molecule has 21 heavy (non-hydrogen) atoms. The van der Waals surface area contributed by atoms with Crippen LogP contribution in [0.5, 0.6) is 11.6 Å². The van der Waals surface area contributed by atoms with E-state index in [2.05, 4.69) is 15.0 Å². The second kappa shape index (κ2) is 5.13. The van der Waals surface area contributed by atoms with Crippen LogP contribution in [-0.4, -0.2) is 33.7 Å². The highest BCUT2D eigenvalue weighted by Gasteiger charge is 2.14. The zero-order chi connectivity index (χ0) is 15.0. The third-order valence-electron chi connectivity index (χ3n) is 3.03. The number of nitrogens with one attached hydrogen (secondary N) is 1. The molecule has 1 N–H and O–H groups in total. The van der Waals surface area contributed by atoms with Gasteiger partial charge in [0.25, 0.3) is 0 Å². The van der Waals surface area contributed by atoms with Crippen LogP contribution in [0, 0.1) is 10.6 Å². The molecular formula is C13H11FN4O2S. The average Bonchev–Trinajstić information content (AvgIpc) is 2.83. The van der Waals surface area contributed by atoms with Gasteiger partial charge in [0.15, 0.2) is 22.0 Å². The van der Waals surface area contributed by atoms with Crippen molar-refractivity contribution in [3.05, 3.63) is 35.1 Å². The SMILES string of the molecule is COc1cc(-n2c(=S)[nH]c3c(OC)ncnc32)ccc1F. The molecule has 3 aromatic rings. The number of nitrogens with zero attached hydrogens (tertiary/aromatic N) is 3. The van der Waals surface area contributed by atoms with Gasteiger partial charge in [-0.1, -0.05) is 0 Å². The summed E-state index contributed by atoms with van der Waals surface area (Å²) in [6, 6.07) is 4.45. The van der Waals surface area contributed by atoms with Crippen LogP contribution in [0.25, 0.3) is 16.9 Å². The Kier molecular flexibility index (Phi) is 3.30. The summed E-state index contributed by atoms with van der Waals surface area (Å²) in [5.41, 5.74) is 1.75. The lowest BCUT2D eigenvalue weighted by molar-refractivity contribution is 0.386. The van der Waals surface area contributed by atoms with Crippen LogP contribution < -0.4 is 9.47 Å². The molecule has 0 fully saturated rings. The van der Waals surface area contributed by atoms with E-state index < -0.39 is 5.82 Å². The fraction of sp³-hybridized carbons (Fsp3) is 0.154. The van der Waals surface area contributed by atoms with Crippen LogP contribution in [-0.2, 0) is 0 Å². The van der Waals surface area contributed by atoms with Gasteiger partial charge in [0, 0.05) is 6.07 Å². The van der Waals surface area contributed by atoms with Crippen molar-refractivity contribution < 1.29 is 13.9 Å². The predicted octanol–water partition coefficient (Wildman–Crippen LogP) is 2.63. The molecule has 0 bridgehead atoms. The van der Waals surface area contributed by atoms with Gasteiger partial charge >= 0.3 is 0 Å². The summed E-state index contributed by atoms with van der Waals surface area (Å²) < 4.78 is 25.8. The van der Waals surface area contributed by atoms with E-state index in [9.17, 15) is 4.39 Å². The third-order valence-corrected chi connectivity index (χ3v) is 3.31. The first-order valence-corrected chi connectivity index (χ1v) is 6.40. The summed E-state index contributed by atoms with van der Waals surface area (Å²) in [6.45, 7) is 0. The minimum atomic E-state index is -0.445. The molecule has 0 aliphatic heterocycles. The van der Waals surface area contributed by atoms with Gasteiger partial charge in [0.05, 0.1) is 19.9 Å². The smallest absolute Gasteiger partial charge is 0.242 e. The lowest BCUT2D eigenvalue weighted by Gasteiger charge is -2.07. The molecule has 0 amide bonds. The van der Waals surface area contributed by atoms with Gasteiger partial charge in [-0.25, -0.2) is 9.37 Å². The number of rotatable bonds is 3. The van der Waals surface area contributed by atoms with E-state index in [1.807, 2.05) is 0 Å². The summed E-state index contributed by atoms with van der Waals surface area (Å²) >= 11 is 5.30. The Morgan fingerprint density at radius 3 is 2.76 bits per heavy atom. The topological polar surface area (TPSA) is 65.0 Å². The van der Waals surface area contributed by atoms with Crippen LogP contribution in [0.4, 0.5) is 4.39 Å². The maximum atomic E-state index is 13.5. The van der Waals surface area contributed by atoms with Crippen molar-refractivity contribution in [3.8, 4) is 17.3 Å². The molecule has 0 spiro atoms. The number of H-pyrrole nitrogens is 1. The monoisotopic (exact) mass is 306 g/mol. The van der Waals surface area contributed by atoms with Crippen LogP contribution in [0.15, 0.2) is 24.5 Å². The standard InChI is InChI=1S/C13H11FN4O2S/c1-19-9-5-7(3-4-8(9)14)18-11-10(17-13(18)21)12(20-2)16-6-15-11/h3-6H,1-2H3,(H,17,21). The van der Waals surface area contributed by atoms with Crippen molar-refractivity contribution in [1.29, 1.82) is 0 Å². The van der Waals surface area contributed by atoms with E-state index in [4.69, 9.17) is 21.7 Å². The van der Waals surface area contributed by atoms with Gasteiger partial charge in [0.1, 0.15) is 11.8 Å². The van der Waals surface area contributed by atoms with Crippen molar-refractivity contribution in [2.75, 3.05) is 14.2 Å². The highest BCUT2D eigenvalue weighted by molar-refractivity contribution is 7.71. The van der Waals surface area contributed by atoms with Gasteiger partial charge in [-0.05, 0) is 24.4 Å². The maximum Gasteiger partial charge on any atom is 0.242 e. The normalized spacial score (nSPS) is 10.8. The molecule has 108 valence electrons. The number of ether oxygens (including phenoxy) is 2. The predicted molar refractivity (Wildman–Crippen MR) is 77.1 cm³/mol. The number of halogens is 1. The second-order valence-electron chi connectivity index (χ2n) is 4.17. The van der Waals surface area contributed by atoms with Gasteiger partial charge in [-0.2, -0.15) is 4.98 Å². The molecule has 2 heterocycles. The quantitative estimate of drug-likeness (QED) is 0.754. The number of hydrogen-bond donors (Lipinski definition) is 1.